The Labute approximate surface area is 228 Å². The summed E-state index contributed by atoms with van der Waals surface area (Å²) in [6.07, 6.45) is 7.49. The van der Waals surface area contributed by atoms with Gasteiger partial charge in [0, 0.05) is 11.1 Å². The number of furan rings is 1. The van der Waals surface area contributed by atoms with Crippen LogP contribution >= 0.6 is 27.3 Å². The summed E-state index contributed by atoms with van der Waals surface area (Å²) in [6.45, 7) is 0.772. The number of hydrogen-bond donors (Lipinski definition) is 1. The summed E-state index contributed by atoms with van der Waals surface area (Å²) < 4.78 is 17.8. The van der Waals surface area contributed by atoms with Gasteiger partial charge in [0.05, 0.1) is 30.0 Å². The van der Waals surface area contributed by atoms with Gasteiger partial charge in [-0.15, -0.1) is 11.3 Å². The van der Waals surface area contributed by atoms with E-state index in [2.05, 4.69) is 21.2 Å². The molecule has 0 aliphatic heterocycles. The fourth-order valence-electron chi connectivity index (χ4n) is 4.36. The summed E-state index contributed by atoms with van der Waals surface area (Å²) in [7, 11) is 1.62. The normalized spacial score (nSPS) is 12.9. The average Bonchev–Trinajstić information content (AvgIpc) is 3.58. The second-order valence-electron chi connectivity index (χ2n) is 8.72. The highest BCUT2D eigenvalue weighted by molar-refractivity contribution is 9.10. The molecule has 6 nitrogen and oxygen atoms in total. The molecule has 0 radical (unpaired) electrons. The van der Waals surface area contributed by atoms with E-state index in [-0.39, 0.29) is 5.91 Å². The second kappa shape index (κ2) is 11.8. The smallest absolute Gasteiger partial charge is 0.255 e. The maximum absolute atomic E-state index is 13.2. The highest BCUT2D eigenvalue weighted by Crippen LogP contribution is 2.41. The van der Waals surface area contributed by atoms with Crippen molar-refractivity contribution in [3.63, 3.8) is 0 Å². The van der Waals surface area contributed by atoms with E-state index in [9.17, 15) is 4.79 Å². The Morgan fingerprint density at radius 2 is 2.00 bits per heavy atom. The number of nitrogens with zero attached hydrogens (tertiary/aromatic N) is 1. The summed E-state index contributed by atoms with van der Waals surface area (Å²) in [5.74, 6) is 1.84. The molecule has 0 fully saturated rings. The Bertz CT molecular complexity index is 1400. The Morgan fingerprint density at radius 1 is 1.16 bits per heavy atom. The summed E-state index contributed by atoms with van der Waals surface area (Å²) in [6, 6.07) is 17.5. The summed E-state index contributed by atoms with van der Waals surface area (Å²) >= 11 is 5.23. The van der Waals surface area contributed by atoms with Crippen molar-refractivity contribution in [2.75, 3.05) is 7.11 Å². The van der Waals surface area contributed by atoms with Crippen LogP contribution in [0.2, 0.25) is 0 Å². The first-order valence-electron chi connectivity index (χ1n) is 12.2. The van der Waals surface area contributed by atoms with Gasteiger partial charge in [0.25, 0.3) is 5.91 Å². The van der Waals surface area contributed by atoms with Gasteiger partial charge in [0.1, 0.15) is 17.4 Å². The van der Waals surface area contributed by atoms with Crippen molar-refractivity contribution in [3.05, 3.63) is 98.2 Å². The van der Waals surface area contributed by atoms with Crippen LogP contribution in [0, 0.1) is 0 Å². The molecule has 1 N–H and O–H groups in total. The third kappa shape index (κ3) is 5.97. The van der Waals surface area contributed by atoms with E-state index >= 15 is 0 Å². The number of aliphatic imine (C=N–C) groups is 1. The lowest BCUT2D eigenvalue weighted by Crippen LogP contribution is -2.23. The Balaban J connectivity index is 1.38. The van der Waals surface area contributed by atoms with Crippen molar-refractivity contribution in [3.8, 4) is 11.5 Å². The van der Waals surface area contributed by atoms with E-state index in [1.54, 1.807) is 30.9 Å². The van der Waals surface area contributed by atoms with Crippen molar-refractivity contribution in [2.45, 2.75) is 38.8 Å². The Morgan fingerprint density at radius 3 is 2.78 bits per heavy atom. The maximum atomic E-state index is 13.2. The molecule has 2 heterocycles. The topological polar surface area (TPSA) is 73.1 Å². The molecule has 0 atom stereocenters. The van der Waals surface area contributed by atoms with E-state index in [1.807, 2.05) is 54.6 Å². The summed E-state index contributed by atoms with van der Waals surface area (Å²) in [5, 5.41) is 3.72. The molecule has 0 spiro atoms. The van der Waals surface area contributed by atoms with Crippen molar-refractivity contribution in [1.29, 1.82) is 0 Å². The molecule has 37 heavy (non-hydrogen) atoms. The van der Waals surface area contributed by atoms with Crippen molar-refractivity contribution >= 4 is 44.4 Å². The van der Waals surface area contributed by atoms with E-state index in [0.717, 1.165) is 51.8 Å². The second-order valence-corrected chi connectivity index (χ2v) is 10.7. The number of thiophene rings is 1. The molecule has 1 aliphatic rings. The van der Waals surface area contributed by atoms with E-state index in [1.165, 1.54) is 4.88 Å². The Kier molecular flexibility index (Phi) is 8.06. The number of methoxy groups -OCH3 is 1. The van der Waals surface area contributed by atoms with Crippen LogP contribution in [-0.2, 0) is 26.0 Å². The molecule has 0 saturated carbocycles. The molecule has 190 valence electrons. The number of ether oxygens (including phenoxy) is 2. The predicted molar refractivity (Wildman–Crippen MR) is 150 cm³/mol. The number of aryl methyl sites for hydroxylation is 1. The number of benzene rings is 2. The Hall–Kier alpha value is -3.36. The molecule has 1 amide bonds. The molecule has 2 aromatic carbocycles. The largest absolute Gasteiger partial charge is 0.493 e. The molecular weight excluding hydrogens is 552 g/mol. The number of carbonyl (C=O) groups is 1. The van der Waals surface area contributed by atoms with Crippen LogP contribution in [0.15, 0.2) is 74.7 Å². The first-order valence-corrected chi connectivity index (χ1v) is 13.8. The van der Waals surface area contributed by atoms with Gasteiger partial charge in [-0.3, -0.25) is 4.79 Å². The minimum atomic E-state index is -0.119. The third-order valence-corrected chi connectivity index (χ3v) is 7.98. The van der Waals surface area contributed by atoms with E-state index in [4.69, 9.17) is 18.9 Å². The van der Waals surface area contributed by atoms with Gasteiger partial charge in [0.15, 0.2) is 11.5 Å². The van der Waals surface area contributed by atoms with Crippen LogP contribution in [0.3, 0.4) is 0 Å². The predicted octanol–water partition coefficient (Wildman–Crippen LogP) is 7.25. The van der Waals surface area contributed by atoms with Gasteiger partial charge < -0.3 is 19.2 Å². The number of amides is 1. The van der Waals surface area contributed by atoms with Crippen LogP contribution < -0.4 is 14.8 Å². The van der Waals surface area contributed by atoms with Gasteiger partial charge in [-0.2, -0.15) is 0 Å². The van der Waals surface area contributed by atoms with Gasteiger partial charge >= 0.3 is 0 Å². The SMILES string of the molecule is COc1cc(C=Nc2sc3c(c2C(=O)NCc2ccco2)CCCC3)cc(Br)c1OCc1ccccc1. The number of fused-ring (bicyclic) bond motifs is 1. The first-order chi connectivity index (χ1) is 18.1. The van der Waals surface area contributed by atoms with Gasteiger partial charge in [0.2, 0.25) is 0 Å². The highest BCUT2D eigenvalue weighted by Gasteiger charge is 2.25. The van der Waals surface area contributed by atoms with E-state index in [0.29, 0.717) is 36.0 Å². The summed E-state index contributed by atoms with van der Waals surface area (Å²) in [4.78, 5) is 19.3. The highest BCUT2D eigenvalue weighted by atomic mass is 79.9. The van der Waals surface area contributed by atoms with Crippen molar-refractivity contribution in [2.24, 2.45) is 4.99 Å². The lowest BCUT2D eigenvalue weighted by atomic mass is 9.95. The fourth-order valence-corrected chi connectivity index (χ4v) is 6.17. The molecule has 4 aromatic rings. The van der Waals surface area contributed by atoms with Gasteiger partial charge in [-0.25, -0.2) is 4.99 Å². The number of carbonyl (C=O) groups excluding carboxylic acids is 1. The number of hydrogen-bond acceptors (Lipinski definition) is 6. The van der Waals surface area contributed by atoms with Crippen LogP contribution in [0.4, 0.5) is 5.00 Å². The van der Waals surface area contributed by atoms with Crippen molar-refractivity contribution < 1.29 is 18.7 Å². The van der Waals surface area contributed by atoms with Gasteiger partial charge in [-0.1, -0.05) is 30.3 Å². The number of rotatable bonds is 9. The molecule has 0 saturated heterocycles. The molecule has 5 rings (SSSR count). The third-order valence-electron chi connectivity index (χ3n) is 6.19. The van der Waals surface area contributed by atoms with E-state index < -0.39 is 0 Å². The lowest BCUT2D eigenvalue weighted by molar-refractivity contribution is 0.0948. The summed E-state index contributed by atoms with van der Waals surface area (Å²) in [5.41, 5.74) is 3.71. The zero-order valence-corrected chi connectivity index (χ0v) is 22.9. The molecule has 8 heteroatoms. The first kappa shape index (κ1) is 25.3. The lowest BCUT2D eigenvalue weighted by Gasteiger charge is -2.13. The van der Waals surface area contributed by atoms with Crippen LogP contribution in [0.25, 0.3) is 0 Å². The quantitative estimate of drug-likeness (QED) is 0.212. The van der Waals surface area contributed by atoms with Gasteiger partial charge in [-0.05, 0) is 82.6 Å². The molecule has 0 unspecified atom stereocenters. The van der Waals surface area contributed by atoms with Crippen LogP contribution in [-0.4, -0.2) is 19.2 Å². The number of nitrogens with one attached hydrogen (secondary N) is 1. The monoisotopic (exact) mass is 578 g/mol. The molecule has 2 aromatic heterocycles. The fraction of sp³-hybridized carbons (Fsp3) is 0.241. The standard InChI is InChI=1S/C29H27BrN2O4S/c1-34-24-15-20(14-23(30)27(24)36-18-19-8-3-2-4-9-19)16-32-29-26(22-11-5-6-12-25(22)37-29)28(33)31-17-21-10-7-13-35-21/h2-4,7-10,13-16H,5-6,11-12,17-18H2,1H3,(H,31,33). The zero-order valence-electron chi connectivity index (χ0n) is 20.5. The van der Waals surface area contributed by atoms with Crippen LogP contribution in [0.5, 0.6) is 11.5 Å². The molecular formula is C29H27BrN2O4S. The zero-order chi connectivity index (χ0) is 25.6. The maximum Gasteiger partial charge on any atom is 0.255 e. The minimum absolute atomic E-state index is 0.119. The molecule has 0 bridgehead atoms. The molecule has 1 aliphatic carbocycles. The van der Waals surface area contributed by atoms with Crippen LogP contribution in [0.1, 0.15) is 50.5 Å². The average molecular weight is 580 g/mol. The minimum Gasteiger partial charge on any atom is -0.493 e. The van der Waals surface area contributed by atoms with Crippen molar-refractivity contribution in [1.82, 2.24) is 5.32 Å². The number of halogens is 1.